The summed E-state index contributed by atoms with van der Waals surface area (Å²) in [6.45, 7) is 3.39. The van der Waals surface area contributed by atoms with Crippen molar-refractivity contribution in [2.75, 3.05) is 11.9 Å². The Bertz CT molecular complexity index is 287. The smallest absolute Gasteiger partial charge is 0.0340 e. The molecule has 0 aliphatic carbocycles. The highest BCUT2D eigenvalue weighted by atomic mass is 35.5. The molecule has 1 N–H and O–H groups in total. The van der Waals surface area contributed by atoms with Crippen LogP contribution in [0.5, 0.6) is 0 Å². The Kier molecular flexibility index (Phi) is 14.2. The van der Waals surface area contributed by atoms with Gasteiger partial charge in [-0.1, -0.05) is 82.9 Å². The van der Waals surface area contributed by atoms with Crippen molar-refractivity contribution in [1.29, 1.82) is 0 Å². The van der Waals surface area contributed by atoms with Gasteiger partial charge in [0.1, 0.15) is 0 Å². The van der Waals surface area contributed by atoms with Crippen LogP contribution in [-0.2, 0) is 0 Å². The van der Waals surface area contributed by atoms with Gasteiger partial charge >= 0.3 is 0 Å². The lowest BCUT2D eigenvalue weighted by Crippen LogP contribution is -2.00. The van der Waals surface area contributed by atoms with E-state index in [0.717, 1.165) is 6.54 Å². The van der Waals surface area contributed by atoms with Crippen LogP contribution in [0.4, 0.5) is 5.69 Å². The van der Waals surface area contributed by atoms with Gasteiger partial charge in [-0.05, 0) is 18.6 Å². The van der Waals surface area contributed by atoms with Crippen molar-refractivity contribution >= 4 is 18.1 Å². The van der Waals surface area contributed by atoms with Crippen LogP contribution in [0.3, 0.4) is 0 Å². The molecule has 116 valence electrons. The van der Waals surface area contributed by atoms with Gasteiger partial charge in [-0.25, -0.2) is 0 Å². The Balaban J connectivity index is 0.00000361. The first-order valence-electron chi connectivity index (χ1n) is 8.22. The number of nitrogens with one attached hydrogen (secondary N) is 1. The maximum absolute atomic E-state index is 3.47. The minimum atomic E-state index is 0. The molecule has 0 aliphatic rings. The Hall–Kier alpha value is -0.690. The predicted octanol–water partition coefficient (Wildman–Crippen LogP) is 6.44. The molecule has 0 unspecified atom stereocenters. The van der Waals surface area contributed by atoms with Crippen LogP contribution in [0.2, 0.25) is 0 Å². The largest absolute Gasteiger partial charge is 0.385 e. The molecule has 0 amide bonds. The fourth-order valence-electron chi connectivity index (χ4n) is 2.40. The van der Waals surface area contributed by atoms with Gasteiger partial charge < -0.3 is 5.32 Å². The lowest BCUT2D eigenvalue weighted by Gasteiger charge is -2.06. The Labute approximate surface area is 132 Å². The average molecular weight is 298 g/mol. The molecular weight excluding hydrogens is 266 g/mol. The highest BCUT2D eigenvalue weighted by molar-refractivity contribution is 5.85. The highest BCUT2D eigenvalue weighted by Crippen LogP contribution is 2.11. The summed E-state index contributed by atoms with van der Waals surface area (Å²) < 4.78 is 0. The van der Waals surface area contributed by atoms with Gasteiger partial charge in [0.25, 0.3) is 0 Å². The van der Waals surface area contributed by atoms with E-state index in [1.54, 1.807) is 0 Å². The van der Waals surface area contributed by atoms with Gasteiger partial charge in [0.2, 0.25) is 0 Å². The molecule has 0 aliphatic heterocycles. The van der Waals surface area contributed by atoms with Gasteiger partial charge in [0, 0.05) is 12.2 Å². The van der Waals surface area contributed by atoms with Crippen LogP contribution in [0.15, 0.2) is 30.3 Å². The van der Waals surface area contributed by atoms with E-state index >= 15 is 0 Å². The molecule has 0 fully saturated rings. The molecule has 1 aromatic rings. The summed E-state index contributed by atoms with van der Waals surface area (Å²) in [7, 11) is 0. The predicted molar refractivity (Wildman–Crippen MR) is 94.0 cm³/mol. The van der Waals surface area contributed by atoms with E-state index in [4.69, 9.17) is 0 Å². The quantitative estimate of drug-likeness (QED) is 0.438. The number of para-hydroxylation sites is 1. The van der Waals surface area contributed by atoms with E-state index in [-0.39, 0.29) is 12.4 Å². The summed E-state index contributed by atoms with van der Waals surface area (Å²) in [5.74, 6) is 0. The van der Waals surface area contributed by atoms with Crippen LogP contribution in [0.25, 0.3) is 0 Å². The molecule has 0 heterocycles. The third-order valence-electron chi connectivity index (χ3n) is 3.63. The van der Waals surface area contributed by atoms with Crippen molar-refractivity contribution in [3.8, 4) is 0 Å². The van der Waals surface area contributed by atoms with Gasteiger partial charge in [0.15, 0.2) is 0 Å². The summed E-state index contributed by atoms with van der Waals surface area (Å²) in [6.07, 6.45) is 14.1. The minimum absolute atomic E-state index is 0. The van der Waals surface area contributed by atoms with Gasteiger partial charge in [0.05, 0.1) is 0 Å². The Morgan fingerprint density at radius 3 is 1.75 bits per heavy atom. The Morgan fingerprint density at radius 2 is 1.20 bits per heavy atom. The van der Waals surface area contributed by atoms with Crippen molar-refractivity contribution in [1.82, 2.24) is 0 Å². The topological polar surface area (TPSA) is 12.0 Å². The first-order valence-corrected chi connectivity index (χ1v) is 8.22. The summed E-state index contributed by atoms with van der Waals surface area (Å²) in [5, 5.41) is 3.47. The second-order valence-corrected chi connectivity index (χ2v) is 5.47. The molecule has 0 aromatic heterocycles. The molecule has 0 saturated heterocycles. The number of anilines is 1. The monoisotopic (exact) mass is 297 g/mol. The molecule has 0 saturated carbocycles. The highest BCUT2D eigenvalue weighted by Gasteiger charge is 1.93. The van der Waals surface area contributed by atoms with E-state index in [1.807, 2.05) is 0 Å². The third kappa shape index (κ3) is 11.2. The van der Waals surface area contributed by atoms with E-state index < -0.39 is 0 Å². The van der Waals surface area contributed by atoms with Crippen molar-refractivity contribution in [3.05, 3.63) is 30.3 Å². The van der Waals surface area contributed by atoms with Gasteiger partial charge in [-0.15, -0.1) is 12.4 Å². The molecule has 2 heteroatoms. The number of halogens is 1. The van der Waals surface area contributed by atoms with Crippen LogP contribution in [0.1, 0.15) is 71.1 Å². The summed E-state index contributed by atoms with van der Waals surface area (Å²) in [6, 6.07) is 10.5. The molecule has 1 nitrogen and oxygen atoms in total. The molecule has 0 bridgehead atoms. The van der Waals surface area contributed by atoms with E-state index in [9.17, 15) is 0 Å². The van der Waals surface area contributed by atoms with Gasteiger partial charge in [-0.2, -0.15) is 0 Å². The number of benzene rings is 1. The van der Waals surface area contributed by atoms with Crippen LogP contribution in [-0.4, -0.2) is 6.54 Å². The lowest BCUT2D eigenvalue weighted by molar-refractivity contribution is 0.560. The maximum Gasteiger partial charge on any atom is 0.0340 e. The number of rotatable bonds is 12. The fraction of sp³-hybridized carbons (Fsp3) is 0.667. The summed E-state index contributed by atoms with van der Waals surface area (Å²) >= 11 is 0. The normalized spacial score (nSPS) is 10.1. The van der Waals surface area contributed by atoms with Crippen LogP contribution in [0, 0.1) is 0 Å². The zero-order chi connectivity index (χ0) is 13.6. The van der Waals surface area contributed by atoms with Crippen LogP contribution >= 0.6 is 12.4 Å². The molecule has 0 atom stereocenters. The van der Waals surface area contributed by atoms with Gasteiger partial charge in [-0.3, -0.25) is 0 Å². The fourth-order valence-corrected chi connectivity index (χ4v) is 2.40. The zero-order valence-electron chi connectivity index (χ0n) is 13.1. The first kappa shape index (κ1) is 19.3. The Morgan fingerprint density at radius 1 is 0.700 bits per heavy atom. The first-order chi connectivity index (χ1) is 9.43. The summed E-state index contributed by atoms with van der Waals surface area (Å²) in [5.41, 5.74) is 1.25. The minimum Gasteiger partial charge on any atom is -0.385 e. The number of hydrogen-bond donors (Lipinski definition) is 1. The van der Waals surface area contributed by atoms with E-state index in [0.29, 0.717) is 0 Å². The average Bonchev–Trinajstić information content (AvgIpc) is 2.46. The molecule has 20 heavy (non-hydrogen) atoms. The van der Waals surface area contributed by atoms with Crippen molar-refractivity contribution in [3.63, 3.8) is 0 Å². The van der Waals surface area contributed by atoms with Crippen molar-refractivity contribution in [2.45, 2.75) is 71.1 Å². The molecular formula is C18H32ClN. The third-order valence-corrected chi connectivity index (χ3v) is 3.63. The SMILES string of the molecule is CCCCCCCCCCCCNc1ccccc1.Cl. The van der Waals surface area contributed by atoms with E-state index in [1.165, 1.54) is 69.9 Å². The molecule has 1 aromatic carbocycles. The number of unbranched alkanes of at least 4 members (excludes halogenated alkanes) is 9. The second-order valence-electron chi connectivity index (χ2n) is 5.47. The standard InChI is InChI=1S/C18H31N.ClH/c1-2-3-4-5-6-7-8-9-10-14-17-19-18-15-12-11-13-16-18;/h11-13,15-16,19H,2-10,14,17H2,1H3;1H. The maximum atomic E-state index is 3.47. The van der Waals surface area contributed by atoms with Crippen molar-refractivity contribution < 1.29 is 0 Å². The molecule has 0 spiro atoms. The summed E-state index contributed by atoms with van der Waals surface area (Å²) in [4.78, 5) is 0. The number of hydrogen-bond acceptors (Lipinski definition) is 1. The molecule has 1 rings (SSSR count). The van der Waals surface area contributed by atoms with E-state index in [2.05, 4.69) is 42.6 Å². The zero-order valence-corrected chi connectivity index (χ0v) is 13.9. The molecule has 0 radical (unpaired) electrons. The van der Waals surface area contributed by atoms with Crippen LogP contribution < -0.4 is 5.32 Å². The van der Waals surface area contributed by atoms with Crippen molar-refractivity contribution in [2.24, 2.45) is 0 Å². The second kappa shape index (κ2) is 14.7. The lowest BCUT2D eigenvalue weighted by atomic mass is 10.1.